The lowest BCUT2D eigenvalue weighted by molar-refractivity contribution is -0.120. The van der Waals surface area contributed by atoms with Gasteiger partial charge in [-0.15, -0.1) is 0 Å². The molecule has 1 aliphatic rings. The summed E-state index contributed by atoms with van der Waals surface area (Å²) in [6.07, 6.45) is 0. The number of anilines is 3. The van der Waals surface area contributed by atoms with Gasteiger partial charge in [-0.1, -0.05) is 58.5 Å². The first-order valence-electron chi connectivity index (χ1n) is 10.3. The van der Waals surface area contributed by atoms with Crippen molar-refractivity contribution in [1.82, 2.24) is 0 Å². The van der Waals surface area contributed by atoms with E-state index >= 15 is 0 Å². The number of nitrogens with zero attached hydrogens (tertiary/aromatic N) is 1. The molecule has 178 valence electrons. The van der Waals surface area contributed by atoms with Crippen LogP contribution in [-0.2, 0) is 9.59 Å². The van der Waals surface area contributed by atoms with E-state index in [1.165, 1.54) is 12.1 Å². The van der Waals surface area contributed by atoms with Crippen LogP contribution >= 0.6 is 46.4 Å². The lowest BCUT2D eigenvalue weighted by atomic mass is 10.1. The Kier molecular flexibility index (Phi) is 7.10. The van der Waals surface area contributed by atoms with Crippen LogP contribution in [0, 0.1) is 13.8 Å². The Morgan fingerprint density at radius 2 is 1.46 bits per heavy atom. The third kappa shape index (κ3) is 5.02. The van der Waals surface area contributed by atoms with Gasteiger partial charge in [-0.25, -0.2) is 4.90 Å². The van der Waals surface area contributed by atoms with Crippen molar-refractivity contribution in [2.75, 3.05) is 15.5 Å². The molecule has 3 aromatic carbocycles. The van der Waals surface area contributed by atoms with Crippen LogP contribution in [0.25, 0.3) is 0 Å². The second-order valence-electron chi connectivity index (χ2n) is 7.83. The summed E-state index contributed by atoms with van der Waals surface area (Å²) in [7, 11) is 0. The predicted molar refractivity (Wildman–Crippen MR) is 141 cm³/mol. The summed E-state index contributed by atoms with van der Waals surface area (Å²) in [5, 5.41) is 5.79. The fourth-order valence-corrected chi connectivity index (χ4v) is 4.27. The molecule has 0 aromatic heterocycles. The Balaban J connectivity index is 1.52. The van der Waals surface area contributed by atoms with Gasteiger partial charge in [0.2, 0.25) is 0 Å². The first-order valence-corrected chi connectivity index (χ1v) is 11.8. The molecule has 3 aromatic rings. The van der Waals surface area contributed by atoms with Gasteiger partial charge in [0.15, 0.2) is 0 Å². The molecule has 0 unspecified atom stereocenters. The molecule has 0 radical (unpaired) electrons. The van der Waals surface area contributed by atoms with E-state index in [9.17, 15) is 14.4 Å². The molecule has 0 spiro atoms. The van der Waals surface area contributed by atoms with Crippen LogP contribution in [0.2, 0.25) is 15.1 Å². The van der Waals surface area contributed by atoms with Crippen molar-refractivity contribution in [2.45, 2.75) is 13.8 Å². The zero-order chi connectivity index (χ0) is 25.4. The number of aryl methyl sites for hydroxylation is 2. The predicted octanol–water partition coefficient (Wildman–Crippen LogP) is 6.95. The summed E-state index contributed by atoms with van der Waals surface area (Å²) in [5.41, 5.74) is 3.49. The van der Waals surface area contributed by atoms with Crippen LogP contribution in [-0.4, -0.2) is 17.7 Å². The zero-order valence-electron chi connectivity index (χ0n) is 18.4. The highest BCUT2D eigenvalue weighted by Crippen LogP contribution is 2.38. The smallest absolute Gasteiger partial charge is 0.283 e. The molecule has 10 heteroatoms. The fourth-order valence-electron chi connectivity index (χ4n) is 3.43. The van der Waals surface area contributed by atoms with E-state index in [2.05, 4.69) is 10.6 Å². The van der Waals surface area contributed by atoms with E-state index in [-0.39, 0.29) is 37.4 Å². The average molecular weight is 549 g/mol. The zero-order valence-corrected chi connectivity index (χ0v) is 21.4. The molecule has 2 N–H and O–H groups in total. The number of benzene rings is 3. The summed E-state index contributed by atoms with van der Waals surface area (Å²) in [6.45, 7) is 3.86. The number of hydrogen-bond acceptors (Lipinski definition) is 4. The lowest BCUT2D eigenvalue weighted by Gasteiger charge is -2.17. The van der Waals surface area contributed by atoms with E-state index in [0.717, 1.165) is 21.7 Å². The lowest BCUT2D eigenvalue weighted by Crippen LogP contribution is -2.32. The van der Waals surface area contributed by atoms with Gasteiger partial charge in [-0.05, 0) is 67.4 Å². The van der Waals surface area contributed by atoms with E-state index in [0.29, 0.717) is 11.3 Å². The topological polar surface area (TPSA) is 78.5 Å². The van der Waals surface area contributed by atoms with E-state index in [1.807, 2.05) is 32.0 Å². The molecule has 1 aliphatic heterocycles. The van der Waals surface area contributed by atoms with Gasteiger partial charge in [0, 0.05) is 16.9 Å². The van der Waals surface area contributed by atoms with Gasteiger partial charge in [-0.2, -0.15) is 0 Å². The number of imide groups is 1. The van der Waals surface area contributed by atoms with Crippen molar-refractivity contribution in [2.24, 2.45) is 0 Å². The highest BCUT2D eigenvalue weighted by Gasteiger charge is 2.40. The third-order valence-electron chi connectivity index (χ3n) is 5.32. The SMILES string of the molecule is Cc1ccc(C)c(NC(=O)c2ccc(NC3=C(Cl)C(=O)N(c4cc(Cl)c(Cl)cc4Cl)C3=O)cc2)c1. The maximum atomic E-state index is 13.0. The largest absolute Gasteiger partial charge is 0.350 e. The molecule has 4 rings (SSSR count). The number of rotatable bonds is 5. The van der Waals surface area contributed by atoms with Gasteiger partial charge in [-0.3, -0.25) is 14.4 Å². The van der Waals surface area contributed by atoms with Crippen molar-refractivity contribution >= 4 is 81.2 Å². The summed E-state index contributed by atoms with van der Waals surface area (Å²) in [6, 6.07) is 14.8. The van der Waals surface area contributed by atoms with Gasteiger partial charge < -0.3 is 10.6 Å². The second-order valence-corrected chi connectivity index (χ2v) is 9.43. The molecule has 0 saturated carbocycles. The van der Waals surface area contributed by atoms with Crippen molar-refractivity contribution < 1.29 is 14.4 Å². The molecule has 1 heterocycles. The molecule has 35 heavy (non-hydrogen) atoms. The Bertz CT molecular complexity index is 1420. The van der Waals surface area contributed by atoms with Gasteiger partial charge in [0.1, 0.15) is 10.7 Å². The number of halogens is 4. The van der Waals surface area contributed by atoms with Crippen molar-refractivity contribution in [3.05, 3.63) is 97.1 Å². The maximum Gasteiger partial charge on any atom is 0.283 e. The monoisotopic (exact) mass is 547 g/mol. The number of carbonyl (C=O) groups excluding carboxylic acids is 3. The quantitative estimate of drug-likeness (QED) is 0.267. The summed E-state index contributed by atoms with van der Waals surface area (Å²) < 4.78 is 0. The summed E-state index contributed by atoms with van der Waals surface area (Å²) in [5.74, 6) is -1.75. The molecule has 0 aliphatic carbocycles. The normalized spacial score (nSPS) is 13.5. The summed E-state index contributed by atoms with van der Waals surface area (Å²) >= 11 is 24.3. The first kappa shape index (κ1) is 25.1. The summed E-state index contributed by atoms with van der Waals surface area (Å²) in [4.78, 5) is 39.2. The van der Waals surface area contributed by atoms with Crippen LogP contribution in [0.4, 0.5) is 17.1 Å². The first-order chi connectivity index (χ1) is 16.6. The van der Waals surface area contributed by atoms with Crippen LogP contribution in [0.1, 0.15) is 21.5 Å². The average Bonchev–Trinajstić information content (AvgIpc) is 3.02. The Morgan fingerprint density at radius 3 is 2.14 bits per heavy atom. The number of amides is 3. The molecule has 0 saturated heterocycles. The van der Waals surface area contributed by atoms with Crippen molar-refractivity contribution in [1.29, 1.82) is 0 Å². The molecule has 3 amide bonds. The Hall–Kier alpha value is -3.03. The number of nitrogens with one attached hydrogen (secondary N) is 2. The number of hydrogen-bond donors (Lipinski definition) is 2. The van der Waals surface area contributed by atoms with Gasteiger partial charge in [0.05, 0.1) is 20.8 Å². The minimum absolute atomic E-state index is 0.0597. The van der Waals surface area contributed by atoms with E-state index in [1.54, 1.807) is 24.3 Å². The highest BCUT2D eigenvalue weighted by atomic mass is 35.5. The molecular formula is C25H17Cl4N3O3. The standard InChI is InChI=1S/C25H17Cl4N3O3/c1-12-3-4-13(2)19(9-12)31-23(33)14-5-7-15(8-6-14)30-22-21(29)24(34)32(25(22)35)20-11-17(27)16(26)10-18(20)28/h3-11,30H,1-2H3,(H,31,33). The minimum Gasteiger partial charge on any atom is -0.350 e. The molecule has 0 fully saturated rings. The van der Waals surface area contributed by atoms with Crippen LogP contribution < -0.4 is 15.5 Å². The van der Waals surface area contributed by atoms with Crippen LogP contribution in [0.15, 0.2) is 65.3 Å². The second kappa shape index (κ2) is 9.91. The van der Waals surface area contributed by atoms with Crippen LogP contribution in [0.3, 0.4) is 0 Å². The van der Waals surface area contributed by atoms with E-state index < -0.39 is 11.8 Å². The van der Waals surface area contributed by atoms with E-state index in [4.69, 9.17) is 46.4 Å². The van der Waals surface area contributed by atoms with Gasteiger partial charge in [0.25, 0.3) is 17.7 Å². The fraction of sp³-hybridized carbons (Fsp3) is 0.0800. The minimum atomic E-state index is -0.760. The molecule has 6 nitrogen and oxygen atoms in total. The van der Waals surface area contributed by atoms with Crippen molar-refractivity contribution in [3.63, 3.8) is 0 Å². The van der Waals surface area contributed by atoms with Gasteiger partial charge >= 0.3 is 0 Å². The molecule has 0 atom stereocenters. The Morgan fingerprint density at radius 1 is 0.800 bits per heavy atom. The Labute approximate surface area is 221 Å². The van der Waals surface area contributed by atoms with Crippen LogP contribution in [0.5, 0.6) is 0 Å². The molecular weight excluding hydrogens is 532 g/mol. The number of carbonyl (C=O) groups is 3. The maximum absolute atomic E-state index is 13.0. The highest BCUT2D eigenvalue weighted by molar-refractivity contribution is 6.54. The molecule has 0 bridgehead atoms. The third-order valence-corrected chi connectivity index (χ3v) is 6.69. The van der Waals surface area contributed by atoms with Crippen molar-refractivity contribution in [3.8, 4) is 0 Å².